The Hall–Kier alpha value is -3.43. The van der Waals surface area contributed by atoms with Gasteiger partial charge in [-0.1, -0.05) is 30.3 Å². The van der Waals surface area contributed by atoms with Crippen molar-refractivity contribution in [2.45, 2.75) is 36.5 Å². The fraction of sp³-hybridized carbons (Fsp3) is 0.200. The average Bonchev–Trinajstić information content (AvgIpc) is 2.81. The molecular weight excluding hydrogens is 408 g/mol. The normalized spacial score (nSPS) is 14.4. The molecule has 1 N–H and O–H groups in total. The van der Waals surface area contributed by atoms with Gasteiger partial charge < -0.3 is 5.11 Å². The molecule has 0 saturated heterocycles. The Morgan fingerprint density at radius 3 is 2.29 bits per heavy atom. The third kappa shape index (κ3) is 3.22. The lowest BCUT2D eigenvalue weighted by Gasteiger charge is -2.20. The van der Waals surface area contributed by atoms with Crippen LogP contribution < -0.4 is 0 Å². The second kappa shape index (κ2) is 7.68. The third-order valence-electron chi connectivity index (χ3n) is 5.94. The van der Waals surface area contributed by atoms with E-state index in [-0.39, 0.29) is 23.0 Å². The van der Waals surface area contributed by atoms with Crippen LogP contribution in [0.4, 0.5) is 0 Å². The molecule has 3 aromatic rings. The van der Waals surface area contributed by atoms with Crippen molar-refractivity contribution in [1.29, 1.82) is 5.26 Å². The minimum atomic E-state index is -0.214. The zero-order valence-corrected chi connectivity index (χ0v) is 17.5. The van der Waals surface area contributed by atoms with Gasteiger partial charge in [0.2, 0.25) is 5.88 Å². The number of benzene rings is 2. The molecule has 2 aliphatic rings. The van der Waals surface area contributed by atoms with Gasteiger partial charge in [0.15, 0.2) is 11.6 Å². The van der Waals surface area contributed by atoms with Crippen molar-refractivity contribution in [3.8, 4) is 11.9 Å². The maximum atomic E-state index is 13.0. The molecule has 1 aromatic heterocycles. The van der Waals surface area contributed by atoms with Gasteiger partial charge >= 0.3 is 0 Å². The molecule has 5 rings (SSSR count). The number of nitrogens with zero attached hydrogens (tertiary/aromatic N) is 2. The Morgan fingerprint density at radius 1 is 0.935 bits per heavy atom. The molecule has 152 valence electrons. The number of aromatic hydroxyl groups is 1. The van der Waals surface area contributed by atoms with Gasteiger partial charge in [0.1, 0.15) is 16.7 Å². The van der Waals surface area contributed by atoms with E-state index in [2.05, 4.69) is 11.1 Å². The molecule has 6 heteroatoms. The standard InChI is InChI=1S/C25H18N2O3S/c26-12-21-15-5-1-4-8-19(15)25(27-24(21)30)31-13-14-9-10-18-20(11-14)23(29)17-7-3-2-6-16(17)22(18)28/h2-3,6-7,9-11H,1,4-5,8,13H2,(H,27,30). The van der Waals surface area contributed by atoms with Crippen molar-refractivity contribution in [1.82, 2.24) is 4.98 Å². The van der Waals surface area contributed by atoms with Crippen LogP contribution in [0, 0.1) is 11.3 Å². The van der Waals surface area contributed by atoms with Gasteiger partial charge in [-0.2, -0.15) is 5.26 Å². The first-order chi connectivity index (χ1) is 15.1. The third-order valence-corrected chi connectivity index (χ3v) is 7.02. The summed E-state index contributed by atoms with van der Waals surface area (Å²) in [5.74, 6) is 0.0652. The molecule has 31 heavy (non-hydrogen) atoms. The van der Waals surface area contributed by atoms with E-state index in [0.29, 0.717) is 28.0 Å². The molecule has 0 radical (unpaired) electrons. The topological polar surface area (TPSA) is 91.0 Å². The van der Waals surface area contributed by atoms with E-state index in [1.165, 1.54) is 11.8 Å². The maximum absolute atomic E-state index is 13.0. The van der Waals surface area contributed by atoms with Crippen molar-refractivity contribution in [3.63, 3.8) is 0 Å². The van der Waals surface area contributed by atoms with Gasteiger partial charge in [0, 0.05) is 28.0 Å². The highest BCUT2D eigenvalue weighted by Crippen LogP contribution is 2.37. The molecule has 0 atom stereocenters. The smallest absolute Gasteiger partial charge is 0.230 e. The van der Waals surface area contributed by atoms with Gasteiger partial charge in [0.25, 0.3) is 0 Å². The first-order valence-corrected chi connectivity index (χ1v) is 11.2. The zero-order chi connectivity index (χ0) is 21.5. The highest BCUT2D eigenvalue weighted by Gasteiger charge is 2.29. The Morgan fingerprint density at radius 2 is 1.58 bits per heavy atom. The number of thioether (sulfide) groups is 1. The fourth-order valence-corrected chi connectivity index (χ4v) is 5.43. The minimum Gasteiger partial charge on any atom is -0.492 e. The Labute approximate surface area is 183 Å². The van der Waals surface area contributed by atoms with Crippen LogP contribution in [-0.2, 0) is 18.6 Å². The van der Waals surface area contributed by atoms with Crippen LogP contribution in [0.25, 0.3) is 0 Å². The number of aromatic nitrogens is 1. The summed E-state index contributed by atoms with van der Waals surface area (Å²) in [5, 5.41) is 20.3. The van der Waals surface area contributed by atoms with Crippen LogP contribution in [0.1, 0.15) is 66.9 Å². The van der Waals surface area contributed by atoms with Crippen LogP contribution >= 0.6 is 11.8 Å². The second-order valence-corrected chi connectivity index (χ2v) is 8.73. The van der Waals surface area contributed by atoms with E-state index in [0.717, 1.165) is 47.4 Å². The molecule has 0 aliphatic heterocycles. The molecule has 2 aliphatic carbocycles. The van der Waals surface area contributed by atoms with E-state index >= 15 is 0 Å². The van der Waals surface area contributed by atoms with Crippen molar-refractivity contribution in [2.75, 3.05) is 0 Å². The zero-order valence-electron chi connectivity index (χ0n) is 16.6. The lowest BCUT2D eigenvalue weighted by atomic mass is 9.83. The largest absolute Gasteiger partial charge is 0.492 e. The van der Waals surface area contributed by atoms with Crippen molar-refractivity contribution in [3.05, 3.63) is 87.0 Å². The summed E-state index contributed by atoms with van der Waals surface area (Å²) in [7, 11) is 0. The molecular formula is C25H18N2O3S. The Kier molecular flexibility index (Phi) is 4.84. The Balaban J connectivity index is 1.46. The lowest BCUT2D eigenvalue weighted by Crippen LogP contribution is -2.20. The minimum absolute atomic E-state index is 0.128. The summed E-state index contributed by atoms with van der Waals surface area (Å²) in [4.78, 5) is 30.0. The number of hydrogen-bond acceptors (Lipinski definition) is 6. The van der Waals surface area contributed by atoms with E-state index in [1.807, 2.05) is 6.07 Å². The number of fused-ring (bicyclic) bond motifs is 3. The van der Waals surface area contributed by atoms with E-state index in [9.17, 15) is 20.0 Å². The van der Waals surface area contributed by atoms with Crippen molar-refractivity contribution < 1.29 is 14.7 Å². The predicted octanol–water partition coefficient (Wildman–Crippen LogP) is 4.61. The molecule has 0 spiro atoms. The summed E-state index contributed by atoms with van der Waals surface area (Å²) in [6, 6.07) is 14.4. The highest BCUT2D eigenvalue weighted by atomic mass is 32.2. The monoisotopic (exact) mass is 426 g/mol. The quantitative estimate of drug-likeness (QED) is 0.481. The number of rotatable bonds is 3. The van der Waals surface area contributed by atoms with Crippen LogP contribution in [-0.4, -0.2) is 21.7 Å². The fourth-order valence-electron chi connectivity index (χ4n) is 4.40. The first-order valence-electron chi connectivity index (χ1n) is 10.2. The second-order valence-electron chi connectivity index (χ2n) is 7.76. The SMILES string of the molecule is N#Cc1c(O)nc(SCc2ccc3c(c2)C(=O)c2ccccc2C3=O)c2c1CCCC2. The lowest BCUT2D eigenvalue weighted by molar-refractivity contribution is 0.0979. The maximum Gasteiger partial charge on any atom is 0.230 e. The molecule has 0 unspecified atom stereocenters. The summed E-state index contributed by atoms with van der Waals surface area (Å²) in [5.41, 5.74) is 4.90. The average molecular weight is 426 g/mol. The van der Waals surface area contributed by atoms with Crippen molar-refractivity contribution in [2.24, 2.45) is 0 Å². The van der Waals surface area contributed by atoms with Crippen LogP contribution in [0.15, 0.2) is 47.5 Å². The molecule has 0 fully saturated rings. The number of nitriles is 1. The van der Waals surface area contributed by atoms with Gasteiger partial charge in [0.05, 0.1) is 0 Å². The van der Waals surface area contributed by atoms with E-state index in [4.69, 9.17) is 0 Å². The number of pyridine rings is 1. The Bertz CT molecular complexity index is 1310. The first kappa shape index (κ1) is 19.5. The molecule has 5 nitrogen and oxygen atoms in total. The number of carbonyl (C=O) groups is 2. The van der Waals surface area contributed by atoms with Gasteiger partial charge in [-0.05, 0) is 54.5 Å². The molecule has 0 saturated carbocycles. The number of hydrogen-bond donors (Lipinski definition) is 1. The van der Waals surface area contributed by atoms with Crippen LogP contribution in [0.5, 0.6) is 5.88 Å². The molecule has 0 bridgehead atoms. The van der Waals surface area contributed by atoms with E-state index < -0.39 is 0 Å². The van der Waals surface area contributed by atoms with Crippen LogP contribution in [0.2, 0.25) is 0 Å². The summed E-state index contributed by atoms with van der Waals surface area (Å²) in [6.07, 6.45) is 3.65. The van der Waals surface area contributed by atoms with Gasteiger partial charge in [-0.15, -0.1) is 11.8 Å². The summed E-state index contributed by atoms with van der Waals surface area (Å²) in [6.45, 7) is 0. The van der Waals surface area contributed by atoms with Gasteiger partial charge in [-0.25, -0.2) is 4.98 Å². The number of carbonyl (C=O) groups excluding carboxylic acids is 2. The van der Waals surface area contributed by atoms with Crippen molar-refractivity contribution >= 4 is 23.3 Å². The van der Waals surface area contributed by atoms with Crippen LogP contribution in [0.3, 0.4) is 0 Å². The molecule has 2 aromatic carbocycles. The van der Waals surface area contributed by atoms with Gasteiger partial charge in [-0.3, -0.25) is 9.59 Å². The molecule has 0 amide bonds. The predicted molar refractivity (Wildman–Crippen MR) is 117 cm³/mol. The number of ketones is 2. The molecule has 1 heterocycles. The summed E-state index contributed by atoms with van der Waals surface area (Å²) >= 11 is 1.48. The highest BCUT2D eigenvalue weighted by molar-refractivity contribution is 7.98. The summed E-state index contributed by atoms with van der Waals surface area (Å²) < 4.78 is 0. The van der Waals surface area contributed by atoms with E-state index in [1.54, 1.807) is 36.4 Å².